The predicted octanol–water partition coefficient (Wildman–Crippen LogP) is 5.57. The zero-order chi connectivity index (χ0) is 14.5. The van der Waals surface area contributed by atoms with Gasteiger partial charge in [0.2, 0.25) is 0 Å². The molecule has 0 saturated heterocycles. The van der Waals surface area contributed by atoms with Crippen LogP contribution in [0.3, 0.4) is 0 Å². The van der Waals surface area contributed by atoms with Crippen LogP contribution in [0.15, 0.2) is 46.9 Å². The molecule has 0 heterocycles. The summed E-state index contributed by atoms with van der Waals surface area (Å²) in [6.45, 7) is 5.18. The Kier molecular flexibility index (Phi) is 5.46. The molecule has 0 bridgehead atoms. The Hall–Kier alpha value is -1.03. The highest BCUT2D eigenvalue weighted by atomic mass is 79.9. The van der Waals surface area contributed by atoms with Gasteiger partial charge >= 0.3 is 0 Å². The minimum atomic E-state index is 0.311. The van der Waals surface area contributed by atoms with E-state index in [1.165, 1.54) is 5.56 Å². The molecule has 0 radical (unpaired) electrons. The Labute approximate surface area is 133 Å². The Morgan fingerprint density at radius 1 is 1.20 bits per heavy atom. The zero-order valence-electron chi connectivity index (χ0n) is 11.5. The normalized spacial score (nSPS) is 12.2. The molecule has 20 heavy (non-hydrogen) atoms. The Balaban J connectivity index is 2.20. The van der Waals surface area contributed by atoms with E-state index in [-0.39, 0.29) is 0 Å². The number of benzene rings is 2. The number of ether oxygens (including phenoxy) is 1. The van der Waals surface area contributed by atoms with Crippen molar-refractivity contribution in [3.63, 3.8) is 0 Å². The average molecular weight is 355 g/mol. The second-order valence-electron chi connectivity index (χ2n) is 4.50. The maximum Gasteiger partial charge on any atom is 0.146 e. The van der Waals surface area contributed by atoms with Crippen LogP contribution in [0.4, 0.5) is 0 Å². The molecule has 2 nitrogen and oxygen atoms in total. The lowest BCUT2D eigenvalue weighted by Crippen LogP contribution is -2.17. The molecule has 1 unspecified atom stereocenters. The van der Waals surface area contributed by atoms with E-state index < -0.39 is 0 Å². The lowest BCUT2D eigenvalue weighted by molar-refractivity contribution is 0.479. The Bertz CT molecular complexity index is 588. The van der Waals surface area contributed by atoms with Crippen LogP contribution in [0, 0.1) is 0 Å². The fourth-order valence-electron chi connectivity index (χ4n) is 1.94. The van der Waals surface area contributed by atoms with Crippen molar-refractivity contribution in [3.05, 3.63) is 57.5 Å². The van der Waals surface area contributed by atoms with Crippen molar-refractivity contribution in [2.45, 2.75) is 19.9 Å². The van der Waals surface area contributed by atoms with Crippen LogP contribution in [0.1, 0.15) is 25.5 Å². The van der Waals surface area contributed by atoms with Gasteiger partial charge in [0.15, 0.2) is 0 Å². The van der Waals surface area contributed by atoms with Crippen molar-refractivity contribution in [2.24, 2.45) is 0 Å². The number of nitrogens with one attached hydrogen (secondary N) is 1. The fourth-order valence-corrected chi connectivity index (χ4v) is 2.59. The lowest BCUT2D eigenvalue weighted by atomic mass is 10.1. The van der Waals surface area contributed by atoms with Crippen LogP contribution in [0.25, 0.3) is 0 Å². The molecule has 106 valence electrons. The molecule has 2 rings (SSSR count). The lowest BCUT2D eigenvalue weighted by Gasteiger charge is -2.15. The van der Waals surface area contributed by atoms with Crippen LogP contribution in [-0.4, -0.2) is 6.54 Å². The molecule has 0 aromatic heterocycles. The highest BCUT2D eigenvalue weighted by Gasteiger charge is 2.09. The van der Waals surface area contributed by atoms with E-state index in [2.05, 4.69) is 47.2 Å². The quantitative estimate of drug-likeness (QED) is 0.758. The van der Waals surface area contributed by atoms with Gasteiger partial charge in [-0.15, -0.1) is 0 Å². The van der Waals surface area contributed by atoms with E-state index in [0.29, 0.717) is 16.8 Å². The summed E-state index contributed by atoms with van der Waals surface area (Å²) in [6.07, 6.45) is 0. The second kappa shape index (κ2) is 7.11. The van der Waals surface area contributed by atoms with E-state index >= 15 is 0 Å². The molecule has 2 aromatic carbocycles. The first-order chi connectivity index (χ1) is 9.61. The predicted molar refractivity (Wildman–Crippen MR) is 87.8 cm³/mol. The number of hydrogen-bond donors (Lipinski definition) is 1. The van der Waals surface area contributed by atoms with Gasteiger partial charge < -0.3 is 10.1 Å². The molecule has 0 aliphatic rings. The third-order valence-electron chi connectivity index (χ3n) is 3.02. The summed E-state index contributed by atoms with van der Waals surface area (Å²) in [6, 6.07) is 13.8. The Morgan fingerprint density at radius 2 is 1.95 bits per heavy atom. The molecule has 0 aliphatic carbocycles. The summed E-state index contributed by atoms with van der Waals surface area (Å²) in [4.78, 5) is 0. The van der Waals surface area contributed by atoms with Crippen LogP contribution < -0.4 is 10.1 Å². The zero-order valence-corrected chi connectivity index (χ0v) is 13.8. The van der Waals surface area contributed by atoms with Crippen molar-refractivity contribution in [1.29, 1.82) is 0 Å². The monoisotopic (exact) mass is 353 g/mol. The first-order valence-electron chi connectivity index (χ1n) is 6.57. The third-order valence-corrected chi connectivity index (χ3v) is 3.95. The van der Waals surface area contributed by atoms with Gasteiger partial charge in [-0.2, -0.15) is 0 Å². The van der Waals surface area contributed by atoms with Crippen molar-refractivity contribution in [1.82, 2.24) is 5.32 Å². The molecule has 0 fully saturated rings. The first-order valence-corrected chi connectivity index (χ1v) is 7.74. The topological polar surface area (TPSA) is 21.3 Å². The molecule has 0 saturated carbocycles. The van der Waals surface area contributed by atoms with Gasteiger partial charge in [0.25, 0.3) is 0 Å². The molecule has 0 amide bonds. The van der Waals surface area contributed by atoms with Gasteiger partial charge in [0.05, 0.1) is 9.50 Å². The standard InChI is InChI=1S/C16H17BrClNO/c1-3-19-11(2)12-8-9-15(13(17)10-12)20-16-7-5-4-6-14(16)18/h4-11,19H,3H2,1-2H3. The van der Waals surface area contributed by atoms with Gasteiger partial charge in [-0.1, -0.05) is 36.7 Å². The van der Waals surface area contributed by atoms with Crippen LogP contribution >= 0.6 is 27.5 Å². The van der Waals surface area contributed by atoms with Crippen molar-refractivity contribution < 1.29 is 4.74 Å². The summed E-state index contributed by atoms with van der Waals surface area (Å²) in [5.41, 5.74) is 1.21. The first kappa shape index (κ1) is 15.4. The maximum absolute atomic E-state index is 6.10. The van der Waals surface area contributed by atoms with E-state index in [0.717, 1.165) is 16.8 Å². The minimum absolute atomic E-state index is 0.311. The molecular formula is C16H17BrClNO. The van der Waals surface area contributed by atoms with E-state index in [4.69, 9.17) is 16.3 Å². The van der Waals surface area contributed by atoms with Gasteiger partial charge in [-0.25, -0.2) is 0 Å². The van der Waals surface area contributed by atoms with E-state index in [1.54, 1.807) is 0 Å². The molecule has 2 aromatic rings. The second-order valence-corrected chi connectivity index (χ2v) is 5.76. The largest absolute Gasteiger partial charge is 0.455 e. The van der Waals surface area contributed by atoms with Gasteiger partial charge in [0.1, 0.15) is 11.5 Å². The molecule has 4 heteroatoms. The molecular weight excluding hydrogens is 338 g/mol. The van der Waals surface area contributed by atoms with E-state index in [9.17, 15) is 0 Å². The van der Waals surface area contributed by atoms with Crippen LogP contribution in [0.5, 0.6) is 11.5 Å². The molecule has 1 atom stereocenters. The van der Waals surface area contributed by atoms with Crippen molar-refractivity contribution in [2.75, 3.05) is 6.54 Å². The van der Waals surface area contributed by atoms with Crippen LogP contribution in [0.2, 0.25) is 5.02 Å². The number of hydrogen-bond acceptors (Lipinski definition) is 2. The molecule has 0 aliphatic heterocycles. The third kappa shape index (κ3) is 3.75. The highest BCUT2D eigenvalue weighted by Crippen LogP contribution is 2.34. The highest BCUT2D eigenvalue weighted by molar-refractivity contribution is 9.10. The van der Waals surface area contributed by atoms with Gasteiger partial charge in [-0.05, 0) is 59.2 Å². The summed E-state index contributed by atoms with van der Waals surface area (Å²) in [5, 5.41) is 3.99. The minimum Gasteiger partial charge on any atom is -0.455 e. The number of para-hydroxylation sites is 1. The number of halogens is 2. The van der Waals surface area contributed by atoms with E-state index in [1.807, 2.05) is 30.3 Å². The maximum atomic E-state index is 6.10. The fraction of sp³-hybridized carbons (Fsp3) is 0.250. The van der Waals surface area contributed by atoms with Crippen molar-refractivity contribution >= 4 is 27.5 Å². The van der Waals surface area contributed by atoms with Gasteiger partial charge in [-0.3, -0.25) is 0 Å². The van der Waals surface area contributed by atoms with Gasteiger partial charge in [0, 0.05) is 6.04 Å². The summed E-state index contributed by atoms with van der Waals surface area (Å²) < 4.78 is 6.75. The summed E-state index contributed by atoms with van der Waals surface area (Å²) >= 11 is 9.65. The average Bonchev–Trinajstić information content (AvgIpc) is 2.43. The summed E-state index contributed by atoms with van der Waals surface area (Å²) in [7, 11) is 0. The van der Waals surface area contributed by atoms with Crippen molar-refractivity contribution in [3.8, 4) is 11.5 Å². The Morgan fingerprint density at radius 3 is 2.60 bits per heavy atom. The van der Waals surface area contributed by atoms with Crippen LogP contribution in [-0.2, 0) is 0 Å². The molecule has 1 N–H and O–H groups in total. The summed E-state index contributed by atoms with van der Waals surface area (Å²) in [5.74, 6) is 1.41. The number of rotatable bonds is 5. The SMILES string of the molecule is CCNC(C)c1ccc(Oc2ccccc2Cl)c(Br)c1. The smallest absolute Gasteiger partial charge is 0.146 e. The molecule has 0 spiro atoms.